The molecule has 1 N–H and O–H groups in total. The summed E-state index contributed by atoms with van der Waals surface area (Å²) in [5.74, 6) is 0. The summed E-state index contributed by atoms with van der Waals surface area (Å²) < 4.78 is 1.19. The summed E-state index contributed by atoms with van der Waals surface area (Å²) in [6.45, 7) is 5.38. The second kappa shape index (κ2) is 6.50. The molecule has 3 heteroatoms. The van der Waals surface area contributed by atoms with Crippen molar-refractivity contribution in [3.05, 3.63) is 56.2 Å². The first kappa shape index (κ1) is 13.8. The molecule has 1 atom stereocenters. The highest BCUT2D eigenvalue weighted by molar-refractivity contribution is 9.11. The van der Waals surface area contributed by atoms with Gasteiger partial charge in [0.1, 0.15) is 0 Å². The highest BCUT2D eigenvalue weighted by Gasteiger charge is 2.15. The van der Waals surface area contributed by atoms with E-state index in [9.17, 15) is 0 Å². The molecule has 1 aromatic carbocycles. The Morgan fingerprint density at radius 1 is 1.28 bits per heavy atom. The van der Waals surface area contributed by atoms with Crippen LogP contribution in [0.25, 0.3) is 0 Å². The van der Waals surface area contributed by atoms with Crippen LogP contribution in [0.5, 0.6) is 0 Å². The van der Waals surface area contributed by atoms with Crippen molar-refractivity contribution in [3.63, 3.8) is 0 Å². The van der Waals surface area contributed by atoms with Gasteiger partial charge in [0.25, 0.3) is 0 Å². The van der Waals surface area contributed by atoms with Gasteiger partial charge in [-0.1, -0.05) is 36.8 Å². The van der Waals surface area contributed by atoms with Gasteiger partial charge >= 0.3 is 0 Å². The first-order chi connectivity index (χ1) is 8.70. The monoisotopic (exact) mass is 323 g/mol. The first-order valence-electron chi connectivity index (χ1n) is 6.26. The van der Waals surface area contributed by atoms with E-state index in [4.69, 9.17) is 0 Å². The molecule has 0 aliphatic rings. The van der Waals surface area contributed by atoms with E-state index in [1.54, 1.807) is 11.3 Å². The molecule has 1 aromatic heterocycles. The highest BCUT2D eigenvalue weighted by Crippen LogP contribution is 2.31. The normalized spacial score (nSPS) is 12.6. The lowest BCUT2D eigenvalue weighted by atomic mass is 10.0. The lowest BCUT2D eigenvalue weighted by Gasteiger charge is -2.18. The summed E-state index contributed by atoms with van der Waals surface area (Å²) in [6, 6.07) is 13.4. The van der Waals surface area contributed by atoms with Crippen LogP contribution in [0.4, 0.5) is 0 Å². The lowest BCUT2D eigenvalue weighted by molar-refractivity contribution is 0.605. The van der Waals surface area contributed by atoms with Crippen LogP contribution in [-0.2, 0) is 0 Å². The fraction of sp³-hybridized carbons (Fsp3) is 0.333. The summed E-state index contributed by atoms with van der Waals surface area (Å²) >= 11 is 5.35. The number of aryl methyl sites for hydroxylation is 1. The molecule has 1 nitrogen and oxygen atoms in total. The number of halogens is 1. The molecule has 0 aliphatic heterocycles. The highest BCUT2D eigenvalue weighted by atomic mass is 79.9. The van der Waals surface area contributed by atoms with E-state index >= 15 is 0 Å². The summed E-state index contributed by atoms with van der Waals surface area (Å²) in [7, 11) is 0. The number of nitrogens with one attached hydrogen (secondary N) is 1. The van der Waals surface area contributed by atoms with Gasteiger partial charge in [0.15, 0.2) is 0 Å². The molecule has 0 radical (unpaired) electrons. The Morgan fingerprint density at radius 3 is 2.72 bits per heavy atom. The predicted octanol–water partition coefficient (Wildman–Crippen LogP) is 4.91. The van der Waals surface area contributed by atoms with Gasteiger partial charge in [0.2, 0.25) is 0 Å². The Kier molecular flexibility index (Phi) is 4.98. The third-order valence-corrected chi connectivity index (χ3v) is 4.54. The zero-order valence-electron chi connectivity index (χ0n) is 10.7. The van der Waals surface area contributed by atoms with E-state index in [1.165, 1.54) is 19.8 Å². The minimum absolute atomic E-state index is 0.307. The molecule has 0 fully saturated rings. The zero-order valence-corrected chi connectivity index (χ0v) is 13.1. The second-order valence-electron chi connectivity index (χ2n) is 4.44. The van der Waals surface area contributed by atoms with E-state index in [0.717, 1.165) is 13.0 Å². The molecule has 96 valence electrons. The Labute approximate surface area is 121 Å². The van der Waals surface area contributed by atoms with Crippen molar-refractivity contribution >= 4 is 27.3 Å². The van der Waals surface area contributed by atoms with Crippen LogP contribution in [0, 0.1) is 6.92 Å². The molecule has 1 heterocycles. The van der Waals surface area contributed by atoms with Crippen molar-refractivity contribution in [2.24, 2.45) is 0 Å². The Bertz CT molecular complexity index is 507. The van der Waals surface area contributed by atoms with E-state index in [0.29, 0.717) is 6.04 Å². The molecule has 0 spiro atoms. The van der Waals surface area contributed by atoms with Gasteiger partial charge in [-0.25, -0.2) is 0 Å². The molecule has 2 aromatic rings. The van der Waals surface area contributed by atoms with Crippen LogP contribution < -0.4 is 5.32 Å². The molecule has 1 unspecified atom stereocenters. The van der Waals surface area contributed by atoms with Crippen molar-refractivity contribution < 1.29 is 0 Å². The van der Waals surface area contributed by atoms with Crippen molar-refractivity contribution in [3.8, 4) is 0 Å². The molecule has 18 heavy (non-hydrogen) atoms. The molecule has 0 aliphatic carbocycles. The number of rotatable bonds is 5. The SMILES string of the molecule is CCCNC(c1cccc(C)c1)c1ccc(Br)s1. The van der Waals surface area contributed by atoms with Crippen LogP contribution in [0.15, 0.2) is 40.2 Å². The Balaban J connectivity index is 2.30. The maximum absolute atomic E-state index is 3.63. The van der Waals surface area contributed by atoms with Crippen LogP contribution in [0.1, 0.15) is 35.4 Å². The van der Waals surface area contributed by atoms with Crippen LogP contribution in [0.3, 0.4) is 0 Å². The zero-order chi connectivity index (χ0) is 13.0. The van der Waals surface area contributed by atoms with Crippen molar-refractivity contribution in [2.75, 3.05) is 6.54 Å². The van der Waals surface area contributed by atoms with Gasteiger partial charge in [-0.15, -0.1) is 11.3 Å². The van der Waals surface area contributed by atoms with Crippen molar-refractivity contribution in [1.82, 2.24) is 5.32 Å². The fourth-order valence-corrected chi connectivity index (χ4v) is 3.53. The van der Waals surface area contributed by atoms with E-state index in [2.05, 4.69) is 71.5 Å². The summed E-state index contributed by atoms with van der Waals surface area (Å²) in [4.78, 5) is 1.36. The average Bonchev–Trinajstić information content (AvgIpc) is 2.76. The maximum atomic E-state index is 3.63. The molecule has 2 rings (SSSR count). The number of hydrogen-bond acceptors (Lipinski definition) is 2. The number of hydrogen-bond donors (Lipinski definition) is 1. The third-order valence-electron chi connectivity index (χ3n) is 2.85. The second-order valence-corrected chi connectivity index (χ2v) is 6.94. The molecule has 0 bridgehead atoms. The van der Waals surface area contributed by atoms with E-state index in [-0.39, 0.29) is 0 Å². The lowest BCUT2D eigenvalue weighted by Crippen LogP contribution is -2.22. The third kappa shape index (κ3) is 3.44. The Morgan fingerprint density at radius 2 is 2.11 bits per heavy atom. The first-order valence-corrected chi connectivity index (χ1v) is 7.87. The van der Waals surface area contributed by atoms with Gasteiger partial charge in [-0.05, 0) is 53.5 Å². The minimum atomic E-state index is 0.307. The number of thiophene rings is 1. The van der Waals surface area contributed by atoms with E-state index in [1.807, 2.05) is 0 Å². The van der Waals surface area contributed by atoms with Gasteiger partial charge in [-0.3, -0.25) is 0 Å². The average molecular weight is 324 g/mol. The van der Waals surface area contributed by atoms with Gasteiger partial charge < -0.3 is 5.32 Å². The largest absolute Gasteiger partial charge is 0.306 e. The summed E-state index contributed by atoms with van der Waals surface area (Å²) in [6.07, 6.45) is 1.15. The van der Waals surface area contributed by atoms with Gasteiger partial charge in [0, 0.05) is 4.88 Å². The topological polar surface area (TPSA) is 12.0 Å². The minimum Gasteiger partial charge on any atom is -0.306 e. The summed E-state index contributed by atoms with van der Waals surface area (Å²) in [5, 5.41) is 3.63. The molecule has 0 saturated heterocycles. The fourth-order valence-electron chi connectivity index (χ4n) is 2.00. The molecule has 0 saturated carbocycles. The standard InChI is InChI=1S/C15H18BrNS/c1-3-9-17-15(13-7-8-14(16)18-13)12-6-4-5-11(2)10-12/h4-8,10,15,17H,3,9H2,1-2H3. The predicted molar refractivity (Wildman–Crippen MR) is 83.3 cm³/mol. The van der Waals surface area contributed by atoms with E-state index < -0.39 is 0 Å². The Hall–Kier alpha value is -0.640. The maximum Gasteiger partial charge on any atom is 0.0702 e. The van der Waals surface area contributed by atoms with Crippen LogP contribution in [-0.4, -0.2) is 6.54 Å². The van der Waals surface area contributed by atoms with Crippen molar-refractivity contribution in [2.45, 2.75) is 26.3 Å². The van der Waals surface area contributed by atoms with Gasteiger partial charge in [-0.2, -0.15) is 0 Å². The summed E-state index contributed by atoms with van der Waals surface area (Å²) in [5.41, 5.74) is 2.66. The molecule has 0 amide bonds. The van der Waals surface area contributed by atoms with Crippen LogP contribution >= 0.6 is 27.3 Å². The van der Waals surface area contributed by atoms with Crippen molar-refractivity contribution in [1.29, 1.82) is 0 Å². The molecular weight excluding hydrogens is 306 g/mol. The molecular formula is C15H18BrNS. The van der Waals surface area contributed by atoms with Crippen LogP contribution in [0.2, 0.25) is 0 Å². The number of benzene rings is 1. The smallest absolute Gasteiger partial charge is 0.0702 e. The van der Waals surface area contributed by atoms with Gasteiger partial charge in [0.05, 0.1) is 9.83 Å². The quantitative estimate of drug-likeness (QED) is 0.824.